The average Bonchev–Trinajstić information content (AvgIpc) is 2.37. The Morgan fingerprint density at radius 2 is 2.06 bits per heavy atom. The molecular formula is C13H11ClN2O. The third kappa shape index (κ3) is 1.76. The van der Waals surface area contributed by atoms with Crippen molar-refractivity contribution in [2.45, 2.75) is 12.8 Å². The molecule has 0 amide bonds. The van der Waals surface area contributed by atoms with E-state index in [9.17, 15) is 0 Å². The van der Waals surface area contributed by atoms with Crippen molar-refractivity contribution in [2.75, 3.05) is 7.11 Å². The average molecular weight is 247 g/mol. The summed E-state index contributed by atoms with van der Waals surface area (Å²) in [6.45, 7) is 0. The third-order valence-corrected chi connectivity index (χ3v) is 3.25. The Morgan fingerprint density at radius 1 is 1.24 bits per heavy atom. The number of hydrogen-bond donors (Lipinski definition) is 0. The van der Waals surface area contributed by atoms with Gasteiger partial charge in [0.05, 0.1) is 12.8 Å². The molecule has 0 N–H and O–H groups in total. The van der Waals surface area contributed by atoms with Crippen LogP contribution in [0.4, 0.5) is 0 Å². The van der Waals surface area contributed by atoms with Crippen molar-refractivity contribution in [1.29, 1.82) is 0 Å². The van der Waals surface area contributed by atoms with Gasteiger partial charge in [0.1, 0.15) is 5.75 Å². The Morgan fingerprint density at radius 3 is 2.88 bits per heavy atom. The molecule has 0 spiro atoms. The number of nitrogens with zero attached hydrogens (tertiary/aromatic N) is 2. The van der Waals surface area contributed by atoms with Gasteiger partial charge < -0.3 is 4.74 Å². The first kappa shape index (κ1) is 10.5. The number of aromatic nitrogens is 2. The van der Waals surface area contributed by atoms with Gasteiger partial charge in [-0.15, -0.1) is 0 Å². The summed E-state index contributed by atoms with van der Waals surface area (Å²) in [5.41, 5.74) is 4.50. The molecule has 0 unspecified atom stereocenters. The minimum Gasteiger partial charge on any atom is -0.497 e. The van der Waals surface area contributed by atoms with Crippen molar-refractivity contribution in [3.63, 3.8) is 0 Å². The smallest absolute Gasteiger partial charge is 0.222 e. The molecule has 4 heteroatoms. The van der Waals surface area contributed by atoms with E-state index < -0.39 is 0 Å². The zero-order valence-electron chi connectivity index (χ0n) is 9.40. The molecule has 2 aromatic rings. The van der Waals surface area contributed by atoms with E-state index in [0.29, 0.717) is 5.28 Å². The van der Waals surface area contributed by atoms with Gasteiger partial charge in [-0.3, -0.25) is 0 Å². The zero-order valence-corrected chi connectivity index (χ0v) is 10.2. The molecular weight excluding hydrogens is 236 g/mol. The van der Waals surface area contributed by atoms with Gasteiger partial charge in [-0.25, -0.2) is 9.97 Å². The predicted octanol–water partition coefficient (Wildman–Crippen LogP) is 2.90. The molecule has 0 atom stereocenters. The summed E-state index contributed by atoms with van der Waals surface area (Å²) in [5.74, 6) is 0.882. The monoisotopic (exact) mass is 246 g/mol. The summed E-state index contributed by atoms with van der Waals surface area (Å²) in [7, 11) is 1.68. The van der Waals surface area contributed by atoms with Gasteiger partial charge in [0.2, 0.25) is 5.28 Å². The second-order valence-corrected chi connectivity index (χ2v) is 4.37. The first-order valence-electron chi connectivity index (χ1n) is 5.46. The number of ether oxygens (including phenoxy) is 1. The molecule has 1 aromatic heterocycles. The van der Waals surface area contributed by atoms with Crippen molar-refractivity contribution in [3.8, 4) is 17.0 Å². The van der Waals surface area contributed by atoms with E-state index in [-0.39, 0.29) is 0 Å². The van der Waals surface area contributed by atoms with Crippen LogP contribution in [0.1, 0.15) is 11.1 Å². The minimum atomic E-state index is 0.299. The molecule has 0 saturated carbocycles. The summed E-state index contributed by atoms with van der Waals surface area (Å²) in [5, 5.41) is 0.299. The minimum absolute atomic E-state index is 0.299. The number of benzene rings is 1. The molecule has 17 heavy (non-hydrogen) atoms. The first-order chi connectivity index (χ1) is 8.28. The lowest BCUT2D eigenvalue weighted by Gasteiger charge is -2.18. The van der Waals surface area contributed by atoms with Gasteiger partial charge in [0.15, 0.2) is 0 Å². The number of halogens is 1. The molecule has 3 nitrogen and oxygen atoms in total. The van der Waals surface area contributed by atoms with E-state index in [2.05, 4.69) is 16.0 Å². The molecule has 1 aliphatic rings. The SMILES string of the molecule is COc1ccc2c(c1)CCc1cnc(Cl)nc1-2. The van der Waals surface area contributed by atoms with E-state index in [0.717, 1.165) is 35.4 Å². The molecule has 1 heterocycles. The highest BCUT2D eigenvalue weighted by Gasteiger charge is 2.18. The summed E-state index contributed by atoms with van der Waals surface area (Å²) in [6, 6.07) is 6.05. The van der Waals surface area contributed by atoms with Crippen molar-refractivity contribution in [1.82, 2.24) is 9.97 Å². The van der Waals surface area contributed by atoms with Crippen molar-refractivity contribution >= 4 is 11.6 Å². The molecule has 0 radical (unpaired) electrons. The number of hydrogen-bond acceptors (Lipinski definition) is 3. The van der Waals surface area contributed by atoms with Gasteiger partial charge in [-0.1, -0.05) is 0 Å². The maximum atomic E-state index is 5.85. The summed E-state index contributed by atoms with van der Waals surface area (Å²) in [4.78, 5) is 8.35. The van der Waals surface area contributed by atoms with Gasteiger partial charge in [0, 0.05) is 11.8 Å². The second-order valence-electron chi connectivity index (χ2n) is 4.04. The molecule has 3 rings (SSSR count). The highest BCUT2D eigenvalue weighted by molar-refractivity contribution is 6.28. The van der Waals surface area contributed by atoms with Crippen LogP contribution in [0.25, 0.3) is 11.3 Å². The lowest BCUT2D eigenvalue weighted by atomic mass is 9.90. The summed E-state index contributed by atoms with van der Waals surface area (Å²) >= 11 is 5.85. The fourth-order valence-electron chi connectivity index (χ4n) is 2.21. The van der Waals surface area contributed by atoms with Crippen LogP contribution in [0.15, 0.2) is 24.4 Å². The van der Waals surface area contributed by atoms with Crippen molar-refractivity contribution in [3.05, 3.63) is 40.8 Å². The lowest BCUT2D eigenvalue weighted by molar-refractivity contribution is 0.414. The Kier molecular flexibility index (Phi) is 2.48. The number of rotatable bonds is 1. The first-order valence-corrected chi connectivity index (χ1v) is 5.84. The molecule has 1 aliphatic carbocycles. The second kappa shape index (κ2) is 4.00. The highest BCUT2D eigenvalue weighted by Crippen LogP contribution is 2.34. The van der Waals surface area contributed by atoms with Gasteiger partial charge >= 0.3 is 0 Å². The molecule has 0 fully saturated rings. The van der Waals surface area contributed by atoms with Gasteiger partial charge in [0.25, 0.3) is 0 Å². The standard InChI is InChI=1S/C13H11ClN2O/c1-17-10-4-5-11-8(6-10)2-3-9-7-15-13(14)16-12(9)11/h4-7H,2-3H2,1H3. The van der Waals surface area contributed by atoms with E-state index in [1.807, 2.05) is 18.3 Å². The summed E-state index contributed by atoms with van der Waals surface area (Å²) < 4.78 is 5.23. The number of fused-ring (bicyclic) bond motifs is 3. The maximum absolute atomic E-state index is 5.85. The number of methoxy groups -OCH3 is 1. The fraction of sp³-hybridized carbons (Fsp3) is 0.231. The van der Waals surface area contributed by atoms with Crippen LogP contribution < -0.4 is 4.74 Å². The Bertz CT molecular complexity index is 584. The van der Waals surface area contributed by atoms with Crippen LogP contribution >= 0.6 is 11.6 Å². The zero-order chi connectivity index (χ0) is 11.8. The normalized spacial score (nSPS) is 12.8. The van der Waals surface area contributed by atoms with Gasteiger partial charge in [-0.05, 0) is 53.8 Å². The molecule has 0 saturated heterocycles. The van der Waals surface area contributed by atoms with Crippen molar-refractivity contribution in [2.24, 2.45) is 0 Å². The third-order valence-electron chi connectivity index (χ3n) is 3.07. The van der Waals surface area contributed by atoms with E-state index in [1.54, 1.807) is 7.11 Å². The van der Waals surface area contributed by atoms with E-state index in [4.69, 9.17) is 16.3 Å². The topological polar surface area (TPSA) is 35.0 Å². The van der Waals surface area contributed by atoms with Crippen LogP contribution in [0.3, 0.4) is 0 Å². The van der Waals surface area contributed by atoms with Crippen LogP contribution in [-0.4, -0.2) is 17.1 Å². The summed E-state index contributed by atoms with van der Waals surface area (Å²) in [6.07, 6.45) is 3.76. The quantitative estimate of drug-likeness (QED) is 0.726. The van der Waals surface area contributed by atoms with Crippen LogP contribution in [-0.2, 0) is 12.8 Å². The molecule has 1 aromatic carbocycles. The van der Waals surface area contributed by atoms with Crippen LogP contribution in [0.2, 0.25) is 5.28 Å². The van der Waals surface area contributed by atoms with Crippen LogP contribution in [0.5, 0.6) is 5.75 Å². The predicted molar refractivity (Wildman–Crippen MR) is 66.4 cm³/mol. The van der Waals surface area contributed by atoms with Gasteiger partial charge in [-0.2, -0.15) is 0 Å². The van der Waals surface area contributed by atoms with E-state index in [1.165, 1.54) is 5.56 Å². The molecule has 86 valence electrons. The highest BCUT2D eigenvalue weighted by atomic mass is 35.5. The Balaban J connectivity index is 2.19. The maximum Gasteiger partial charge on any atom is 0.222 e. The largest absolute Gasteiger partial charge is 0.497 e. The van der Waals surface area contributed by atoms with E-state index >= 15 is 0 Å². The Labute approximate surface area is 104 Å². The van der Waals surface area contributed by atoms with Crippen LogP contribution in [0, 0.1) is 0 Å². The fourth-order valence-corrected chi connectivity index (χ4v) is 2.34. The molecule has 0 aliphatic heterocycles. The lowest BCUT2D eigenvalue weighted by Crippen LogP contribution is -2.07. The Hall–Kier alpha value is -1.61. The molecule has 0 bridgehead atoms. The number of aryl methyl sites for hydroxylation is 2. The van der Waals surface area contributed by atoms with Crippen molar-refractivity contribution < 1.29 is 4.74 Å².